The van der Waals surface area contributed by atoms with Gasteiger partial charge in [-0.05, 0) is 131 Å². The first-order valence-corrected chi connectivity index (χ1v) is 25.6. The zero-order chi connectivity index (χ0) is 49.8. The molecule has 0 saturated heterocycles. The fraction of sp³-hybridized carbons (Fsp3) is 0. The topological polar surface area (TPSA) is 74.8 Å². The molecular weight excluding hydrogens is 931 g/mol. The molecule has 354 valence electrons. The summed E-state index contributed by atoms with van der Waals surface area (Å²) in [7, 11) is 0. The van der Waals surface area contributed by atoms with Crippen molar-refractivity contribution in [3.63, 3.8) is 0 Å². The maximum atomic E-state index is 6.50. The maximum absolute atomic E-state index is 6.50. The Morgan fingerprint density at radius 2 is 0.566 bits per heavy atom. The van der Waals surface area contributed by atoms with Crippen molar-refractivity contribution in [3.05, 3.63) is 249 Å². The summed E-state index contributed by atoms with van der Waals surface area (Å²) in [5.41, 5.74) is 17.5. The highest BCUT2D eigenvalue weighted by Crippen LogP contribution is 2.42. The molecule has 16 rings (SSSR count). The summed E-state index contributed by atoms with van der Waals surface area (Å²) >= 11 is 0. The van der Waals surface area contributed by atoms with Crippen molar-refractivity contribution in [1.82, 2.24) is 24.1 Å². The van der Waals surface area contributed by atoms with Crippen molar-refractivity contribution in [2.45, 2.75) is 0 Å². The van der Waals surface area contributed by atoms with Crippen LogP contribution < -0.4 is 0 Å². The Kier molecular flexibility index (Phi) is 9.20. The lowest BCUT2D eigenvalue weighted by Crippen LogP contribution is -2.00. The van der Waals surface area contributed by atoms with Crippen molar-refractivity contribution in [2.75, 3.05) is 0 Å². The molecule has 5 aromatic heterocycles. The molecule has 0 atom stereocenters. The minimum absolute atomic E-state index is 0.598. The van der Waals surface area contributed by atoms with Crippen molar-refractivity contribution in [2.24, 2.45) is 0 Å². The second kappa shape index (κ2) is 16.6. The minimum Gasteiger partial charge on any atom is -0.456 e. The summed E-state index contributed by atoms with van der Waals surface area (Å²) < 4.78 is 17.7. The van der Waals surface area contributed by atoms with E-state index in [0.29, 0.717) is 17.5 Å². The normalized spacial score (nSPS) is 11.9. The number of nitrogens with zero attached hydrogens (tertiary/aromatic N) is 5. The molecule has 0 bridgehead atoms. The summed E-state index contributed by atoms with van der Waals surface area (Å²) in [6.45, 7) is 0. The van der Waals surface area contributed by atoms with Crippen LogP contribution in [0, 0.1) is 0 Å². The zero-order valence-electron chi connectivity index (χ0n) is 40.7. The SMILES string of the molecule is c1ccc(-c2nc(-c3ccccc3)nc(-c3ccc4oc5ccc(-n6c7ccccc7c7cc(-c8ccc9oc%10ccc(-c%11ccc%12c(c%11)c%11ccccc%11n%12-c%11ccccc%11)cc%10c9c8)ccc76)cc5c4c3)n2)cc1. The van der Waals surface area contributed by atoms with E-state index in [1.165, 1.54) is 32.6 Å². The molecule has 11 aromatic carbocycles. The Balaban J connectivity index is 0.780. The summed E-state index contributed by atoms with van der Waals surface area (Å²) in [6, 6.07) is 87.7. The molecule has 76 heavy (non-hydrogen) atoms. The van der Waals surface area contributed by atoms with E-state index in [9.17, 15) is 0 Å². The molecule has 0 aliphatic rings. The summed E-state index contributed by atoms with van der Waals surface area (Å²) in [5.74, 6) is 1.84. The van der Waals surface area contributed by atoms with E-state index in [4.69, 9.17) is 23.8 Å². The lowest BCUT2D eigenvalue weighted by molar-refractivity contribution is 0.668. The molecule has 0 saturated carbocycles. The largest absolute Gasteiger partial charge is 0.456 e. The first kappa shape index (κ1) is 42.2. The van der Waals surface area contributed by atoms with Crippen LogP contribution in [0.2, 0.25) is 0 Å². The van der Waals surface area contributed by atoms with Gasteiger partial charge in [-0.2, -0.15) is 0 Å². The van der Waals surface area contributed by atoms with Gasteiger partial charge < -0.3 is 18.0 Å². The van der Waals surface area contributed by atoms with Crippen LogP contribution in [-0.2, 0) is 0 Å². The van der Waals surface area contributed by atoms with E-state index < -0.39 is 0 Å². The average molecular weight is 972 g/mol. The van der Waals surface area contributed by atoms with Gasteiger partial charge in [0.25, 0.3) is 0 Å². The molecule has 0 amide bonds. The predicted octanol–water partition coefficient (Wildman–Crippen LogP) is 18.2. The van der Waals surface area contributed by atoms with Gasteiger partial charge in [0, 0.05) is 71.2 Å². The summed E-state index contributed by atoms with van der Waals surface area (Å²) in [5, 5.41) is 9.00. The fourth-order valence-electron chi connectivity index (χ4n) is 11.6. The van der Waals surface area contributed by atoms with Crippen molar-refractivity contribution >= 4 is 87.5 Å². The fourth-order valence-corrected chi connectivity index (χ4v) is 11.6. The highest BCUT2D eigenvalue weighted by atomic mass is 16.3. The van der Waals surface area contributed by atoms with E-state index in [2.05, 4.69) is 185 Å². The van der Waals surface area contributed by atoms with Crippen LogP contribution in [0.5, 0.6) is 0 Å². The standard InChI is InChI=1S/C69H41N5O2/c1-4-14-42(15-5-1)67-70-68(43-16-6-2-7-17-43)72-69(71-67)48-28-34-65-57(40-48)58-41-50(29-35-66(58)76-65)74-60-23-13-11-21-52(60)54-37-45(25-31-62(54)74)47-27-33-64-56(39-47)55-38-46(26-32-63(55)75-64)44-24-30-61-53(36-44)51-20-10-12-22-59(51)73(61)49-18-8-3-9-19-49/h1-41H. The van der Waals surface area contributed by atoms with Gasteiger partial charge in [0.05, 0.1) is 22.1 Å². The Bertz CT molecular complexity index is 4930. The lowest BCUT2D eigenvalue weighted by atomic mass is 9.98. The molecule has 0 spiro atoms. The molecule has 0 aliphatic heterocycles. The van der Waals surface area contributed by atoms with E-state index in [0.717, 1.165) is 105 Å². The van der Waals surface area contributed by atoms with E-state index in [1.54, 1.807) is 0 Å². The van der Waals surface area contributed by atoms with Crippen molar-refractivity contribution in [3.8, 4) is 67.8 Å². The third-order valence-corrected chi connectivity index (χ3v) is 15.2. The highest BCUT2D eigenvalue weighted by Gasteiger charge is 2.20. The van der Waals surface area contributed by atoms with Gasteiger partial charge in [0.2, 0.25) is 0 Å². The van der Waals surface area contributed by atoms with Gasteiger partial charge in [0.1, 0.15) is 22.3 Å². The molecule has 0 unspecified atom stereocenters. The van der Waals surface area contributed by atoms with Gasteiger partial charge in [-0.1, -0.05) is 140 Å². The number of para-hydroxylation sites is 3. The van der Waals surface area contributed by atoms with Crippen LogP contribution >= 0.6 is 0 Å². The van der Waals surface area contributed by atoms with Crippen LogP contribution in [-0.4, -0.2) is 24.1 Å². The quantitative estimate of drug-likeness (QED) is 0.159. The molecule has 7 heteroatoms. The van der Waals surface area contributed by atoms with E-state index in [1.807, 2.05) is 72.8 Å². The summed E-state index contributed by atoms with van der Waals surface area (Å²) in [6.07, 6.45) is 0. The number of hydrogen-bond donors (Lipinski definition) is 0. The number of hydrogen-bond acceptors (Lipinski definition) is 5. The first-order chi connectivity index (χ1) is 37.6. The average Bonchev–Trinajstić information content (AvgIpc) is 4.29. The monoisotopic (exact) mass is 971 g/mol. The number of furan rings is 2. The second-order valence-corrected chi connectivity index (χ2v) is 19.6. The van der Waals surface area contributed by atoms with Crippen molar-refractivity contribution in [1.29, 1.82) is 0 Å². The predicted molar refractivity (Wildman–Crippen MR) is 310 cm³/mol. The zero-order valence-corrected chi connectivity index (χ0v) is 40.7. The molecule has 16 aromatic rings. The van der Waals surface area contributed by atoms with Gasteiger partial charge in [-0.3, -0.25) is 0 Å². The molecule has 5 heterocycles. The van der Waals surface area contributed by atoms with Gasteiger partial charge in [0.15, 0.2) is 17.5 Å². The maximum Gasteiger partial charge on any atom is 0.164 e. The Morgan fingerprint density at radius 1 is 0.224 bits per heavy atom. The number of aromatic nitrogens is 5. The lowest BCUT2D eigenvalue weighted by Gasteiger charge is -2.09. The van der Waals surface area contributed by atoms with Gasteiger partial charge >= 0.3 is 0 Å². The Labute approximate surface area is 434 Å². The van der Waals surface area contributed by atoms with Gasteiger partial charge in [-0.15, -0.1) is 0 Å². The first-order valence-electron chi connectivity index (χ1n) is 25.6. The number of fused-ring (bicyclic) bond motifs is 12. The van der Waals surface area contributed by atoms with E-state index in [-0.39, 0.29) is 0 Å². The van der Waals surface area contributed by atoms with Crippen LogP contribution in [0.3, 0.4) is 0 Å². The van der Waals surface area contributed by atoms with Gasteiger partial charge in [-0.25, -0.2) is 15.0 Å². The highest BCUT2D eigenvalue weighted by molar-refractivity contribution is 6.14. The summed E-state index contributed by atoms with van der Waals surface area (Å²) in [4.78, 5) is 15.0. The molecule has 0 aliphatic carbocycles. The molecule has 7 nitrogen and oxygen atoms in total. The van der Waals surface area contributed by atoms with Crippen LogP contribution in [0.25, 0.3) is 155 Å². The second-order valence-electron chi connectivity index (χ2n) is 19.6. The molecule has 0 fully saturated rings. The Hall–Kier alpha value is -10.4. The molecular formula is C69H41N5O2. The third-order valence-electron chi connectivity index (χ3n) is 15.2. The number of rotatable bonds is 7. The molecule has 0 N–H and O–H groups in total. The minimum atomic E-state index is 0.598. The smallest absolute Gasteiger partial charge is 0.164 e. The van der Waals surface area contributed by atoms with Crippen LogP contribution in [0.4, 0.5) is 0 Å². The molecule has 0 radical (unpaired) electrons. The third kappa shape index (κ3) is 6.66. The van der Waals surface area contributed by atoms with Crippen LogP contribution in [0.1, 0.15) is 0 Å². The van der Waals surface area contributed by atoms with E-state index >= 15 is 0 Å². The number of benzene rings is 11. The van der Waals surface area contributed by atoms with Crippen molar-refractivity contribution < 1.29 is 8.83 Å². The Morgan fingerprint density at radius 3 is 1.07 bits per heavy atom. The van der Waals surface area contributed by atoms with Crippen LogP contribution in [0.15, 0.2) is 258 Å².